The van der Waals surface area contributed by atoms with Gasteiger partial charge >= 0.3 is 0 Å². The van der Waals surface area contributed by atoms with Crippen molar-refractivity contribution in [1.29, 1.82) is 0 Å². The van der Waals surface area contributed by atoms with Gasteiger partial charge in [-0.25, -0.2) is 0 Å². The zero-order valence-corrected chi connectivity index (χ0v) is 10.2. The Hall–Kier alpha value is 0.330. The third-order valence-corrected chi connectivity index (χ3v) is 5.60. The van der Waals surface area contributed by atoms with Crippen molar-refractivity contribution in [1.82, 2.24) is 0 Å². The molecule has 1 nitrogen and oxygen atoms in total. The molecule has 0 fully saturated rings. The van der Waals surface area contributed by atoms with Crippen LogP contribution in [0.25, 0.3) is 0 Å². The zero-order chi connectivity index (χ0) is 8.72. The maximum atomic E-state index is 11.4. The first-order valence-electron chi connectivity index (χ1n) is 3.70. The SMILES string of the molecule is O=C1CCCc2c1sc(Br)c2Br. The van der Waals surface area contributed by atoms with Gasteiger partial charge in [0.2, 0.25) is 0 Å². The van der Waals surface area contributed by atoms with Gasteiger partial charge in [0.05, 0.1) is 8.66 Å². The Morgan fingerprint density at radius 1 is 1.25 bits per heavy atom. The molecule has 0 amide bonds. The molecule has 0 aromatic carbocycles. The number of fused-ring (bicyclic) bond motifs is 1. The molecular formula is C8H6Br2OS. The van der Waals surface area contributed by atoms with E-state index in [1.54, 1.807) is 11.3 Å². The molecule has 1 aliphatic rings. The molecule has 1 aromatic heterocycles. The normalized spacial score (nSPS) is 16.3. The summed E-state index contributed by atoms with van der Waals surface area (Å²) in [6.45, 7) is 0. The molecule has 0 radical (unpaired) electrons. The monoisotopic (exact) mass is 308 g/mol. The largest absolute Gasteiger partial charge is 0.293 e. The lowest BCUT2D eigenvalue weighted by Gasteiger charge is -2.08. The maximum absolute atomic E-state index is 11.4. The summed E-state index contributed by atoms with van der Waals surface area (Å²) in [6, 6.07) is 0. The van der Waals surface area contributed by atoms with Crippen LogP contribution in [0.4, 0.5) is 0 Å². The first-order chi connectivity index (χ1) is 5.70. The van der Waals surface area contributed by atoms with E-state index in [1.165, 1.54) is 5.56 Å². The van der Waals surface area contributed by atoms with E-state index in [0.29, 0.717) is 12.2 Å². The first-order valence-corrected chi connectivity index (χ1v) is 6.10. The van der Waals surface area contributed by atoms with Gasteiger partial charge < -0.3 is 0 Å². The fourth-order valence-corrected chi connectivity index (χ4v) is 3.83. The van der Waals surface area contributed by atoms with Crippen molar-refractivity contribution in [3.63, 3.8) is 0 Å². The lowest BCUT2D eigenvalue weighted by Crippen LogP contribution is -2.07. The minimum absolute atomic E-state index is 0.299. The average molecular weight is 310 g/mol. The Labute approximate surface area is 91.4 Å². The molecule has 1 aromatic rings. The highest BCUT2D eigenvalue weighted by molar-refractivity contribution is 9.13. The number of hydrogen-bond donors (Lipinski definition) is 0. The van der Waals surface area contributed by atoms with E-state index in [0.717, 1.165) is 26.0 Å². The van der Waals surface area contributed by atoms with E-state index in [2.05, 4.69) is 31.9 Å². The van der Waals surface area contributed by atoms with Gasteiger partial charge in [0.1, 0.15) is 0 Å². The van der Waals surface area contributed by atoms with E-state index in [-0.39, 0.29) is 0 Å². The van der Waals surface area contributed by atoms with Crippen molar-refractivity contribution in [2.24, 2.45) is 0 Å². The van der Waals surface area contributed by atoms with Gasteiger partial charge in [-0.1, -0.05) is 0 Å². The van der Waals surface area contributed by atoms with Crippen LogP contribution in [0.5, 0.6) is 0 Å². The van der Waals surface area contributed by atoms with Crippen LogP contribution in [0.2, 0.25) is 0 Å². The molecule has 0 saturated carbocycles. The van der Waals surface area contributed by atoms with Gasteiger partial charge in [-0.15, -0.1) is 11.3 Å². The smallest absolute Gasteiger partial charge is 0.173 e. The van der Waals surface area contributed by atoms with Gasteiger partial charge in [0, 0.05) is 10.9 Å². The minimum atomic E-state index is 0.299. The molecule has 0 bridgehead atoms. The average Bonchev–Trinajstić information content (AvgIpc) is 2.32. The highest BCUT2D eigenvalue weighted by atomic mass is 79.9. The van der Waals surface area contributed by atoms with E-state index in [1.807, 2.05) is 0 Å². The van der Waals surface area contributed by atoms with Crippen molar-refractivity contribution in [3.05, 3.63) is 18.7 Å². The van der Waals surface area contributed by atoms with Crippen molar-refractivity contribution in [3.8, 4) is 0 Å². The van der Waals surface area contributed by atoms with Crippen LogP contribution in [0, 0.1) is 0 Å². The van der Waals surface area contributed by atoms with E-state index in [4.69, 9.17) is 0 Å². The summed E-state index contributed by atoms with van der Waals surface area (Å²) in [7, 11) is 0. The van der Waals surface area contributed by atoms with Crippen molar-refractivity contribution in [2.75, 3.05) is 0 Å². The van der Waals surface area contributed by atoms with E-state index >= 15 is 0 Å². The summed E-state index contributed by atoms with van der Waals surface area (Å²) in [5.74, 6) is 0.299. The molecule has 0 spiro atoms. The van der Waals surface area contributed by atoms with Crippen LogP contribution < -0.4 is 0 Å². The Kier molecular flexibility index (Phi) is 2.40. The zero-order valence-electron chi connectivity index (χ0n) is 6.19. The number of ketones is 1. The summed E-state index contributed by atoms with van der Waals surface area (Å²) >= 11 is 8.44. The molecule has 0 aliphatic heterocycles. The summed E-state index contributed by atoms with van der Waals surface area (Å²) in [5, 5.41) is 0. The van der Waals surface area contributed by atoms with Crippen molar-refractivity contribution >= 4 is 49.0 Å². The standard InChI is InChI=1S/C8H6Br2OS/c9-6-4-2-1-3-5(11)7(4)12-8(6)10/h1-3H2. The molecule has 0 atom stereocenters. The molecule has 4 heteroatoms. The Morgan fingerprint density at radius 3 is 2.67 bits per heavy atom. The predicted molar refractivity (Wildman–Crippen MR) is 57.0 cm³/mol. The van der Waals surface area contributed by atoms with E-state index < -0.39 is 0 Å². The number of halogens is 2. The van der Waals surface area contributed by atoms with Crippen LogP contribution in [-0.4, -0.2) is 5.78 Å². The van der Waals surface area contributed by atoms with Gasteiger partial charge in [0.15, 0.2) is 5.78 Å². The molecule has 0 N–H and O–H groups in total. The molecule has 1 aliphatic carbocycles. The lowest BCUT2D eigenvalue weighted by molar-refractivity contribution is 0.0977. The Morgan fingerprint density at radius 2 is 2.00 bits per heavy atom. The highest BCUT2D eigenvalue weighted by Crippen LogP contribution is 2.40. The Balaban J connectivity index is 2.60. The maximum Gasteiger partial charge on any atom is 0.173 e. The molecule has 0 saturated heterocycles. The lowest BCUT2D eigenvalue weighted by atomic mass is 9.99. The summed E-state index contributed by atoms with van der Waals surface area (Å²) in [5.41, 5.74) is 1.20. The molecule has 0 unspecified atom stereocenters. The van der Waals surface area contributed by atoms with Gasteiger partial charge in [-0.2, -0.15) is 0 Å². The second-order valence-electron chi connectivity index (χ2n) is 2.77. The first kappa shape index (κ1) is 8.91. The quantitative estimate of drug-likeness (QED) is 0.712. The fraction of sp³-hybridized carbons (Fsp3) is 0.375. The predicted octanol–water partition coefficient (Wildman–Crippen LogP) is 3.79. The number of carbonyl (C=O) groups is 1. The van der Waals surface area contributed by atoms with Crippen LogP contribution in [0.1, 0.15) is 28.1 Å². The van der Waals surface area contributed by atoms with E-state index in [9.17, 15) is 4.79 Å². The molecule has 64 valence electrons. The van der Waals surface area contributed by atoms with Crippen molar-refractivity contribution in [2.45, 2.75) is 19.3 Å². The van der Waals surface area contributed by atoms with Crippen molar-refractivity contribution < 1.29 is 4.79 Å². The molecule has 1 heterocycles. The third kappa shape index (κ3) is 1.30. The summed E-state index contributed by atoms with van der Waals surface area (Å²) < 4.78 is 2.12. The summed E-state index contributed by atoms with van der Waals surface area (Å²) in [6.07, 6.45) is 2.74. The van der Waals surface area contributed by atoms with Crippen LogP contribution in [0.15, 0.2) is 8.26 Å². The fourth-order valence-electron chi connectivity index (χ4n) is 1.40. The van der Waals surface area contributed by atoms with Crippen LogP contribution >= 0.6 is 43.2 Å². The van der Waals surface area contributed by atoms with Crippen LogP contribution in [-0.2, 0) is 6.42 Å². The third-order valence-electron chi connectivity index (χ3n) is 1.99. The van der Waals surface area contributed by atoms with Gasteiger partial charge in [-0.05, 0) is 50.3 Å². The number of carbonyl (C=O) groups excluding carboxylic acids is 1. The highest BCUT2D eigenvalue weighted by Gasteiger charge is 2.23. The molecule has 12 heavy (non-hydrogen) atoms. The number of rotatable bonds is 0. The number of Topliss-reactive ketones (excluding diaryl/α,β-unsaturated/α-hetero) is 1. The second-order valence-corrected chi connectivity index (χ2v) is 5.91. The topological polar surface area (TPSA) is 17.1 Å². The van der Waals surface area contributed by atoms with Gasteiger partial charge in [-0.3, -0.25) is 4.79 Å². The Bertz CT molecular complexity index is 343. The molecular weight excluding hydrogens is 304 g/mol. The second kappa shape index (κ2) is 3.24. The number of hydrogen-bond acceptors (Lipinski definition) is 2. The summed E-state index contributed by atoms with van der Waals surface area (Å²) in [4.78, 5) is 12.4. The minimum Gasteiger partial charge on any atom is -0.293 e. The number of thiophene rings is 1. The molecule has 2 rings (SSSR count). The van der Waals surface area contributed by atoms with Crippen LogP contribution in [0.3, 0.4) is 0 Å². The van der Waals surface area contributed by atoms with Gasteiger partial charge in [0.25, 0.3) is 0 Å².